The average Bonchev–Trinajstić information content (AvgIpc) is 2.41. The van der Waals surface area contributed by atoms with Crippen molar-refractivity contribution in [3.8, 4) is 0 Å². The van der Waals surface area contributed by atoms with Gasteiger partial charge in [-0.1, -0.05) is 18.5 Å². The van der Waals surface area contributed by atoms with Gasteiger partial charge in [-0.15, -0.1) is 0 Å². The summed E-state index contributed by atoms with van der Waals surface area (Å²) >= 11 is 5.80. The lowest BCUT2D eigenvalue weighted by atomic mass is 10.1. The Labute approximate surface area is 122 Å². The molecule has 1 amide bonds. The third-order valence-corrected chi connectivity index (χ3v) is 3.08. The Morgan fingerprint density at radius 2 is 2.05 bits per heavy atom. The standard InChI is InChI=1S/C14H15ClN4O/c1-4-11-10(7-8(2)18-19-11)14(20)17-12-5-6-13(15)16-9(12)3/h5-7H,4H2,1-3H3,(H,17,20). The second-order valence-corrected chi connectivity index (χ2v) is 4.81. The molecule has 20 heavy (non-hydrogen) atoms. The third-order valence-electron chi connectivity index (χ3n) is 2.87. The number of nitrogens with zero attached hydrogens (tertiary/aromatic N) is 3. The van der Waals surface area contributed by atoms with Crippen molar-refractivity contribution < 1.29 is 4.79 Å². The van der Waals surface area contributed by atoms with Crippen LogP contribution in [0.2, 0.25) is 5.15 Å². The van der Waals surface area contributed by atoms with Crippen LogP contribution in [-0.4, -0.2) is 21.1 Å². The first-order valence-corrected chi connectivity index (χ1v) is 6.66. The molecule has 104 valence electrons. The van der Waals surface area contributed by atoms with Crippen LogP contribution in [0.1, 0.15) is 34.4 Å². The van der Waals surface area contributed by atoms with Gasteiger partial charge in [-0.3, -0.25) is 4.79 Å². The number of carbonyl (C=O) groups is 1. The maximum atomic E-state index is 12.3. The smallest absolute Gasteiger partial charge is 0.257 e. The molecule has 2 heterocycles. The molecule has 0 aromatic carbocycles. The number of hydrogen-bond donors (Lipinski definition) is 1. The molecule has 0 fully saturated rings. The molecule has 0 aliphatic rings. The summed E-state index contributed by atoms with van der Waals surface area (Å²) in [5.41, 5.74) is 3.22. The molecule has 0 atom stereocenters. The fraction of sp³-hybridized carbons (Fsp3) is 0.286. The van der Waals surface area contributed by atoms with Crippen molar-refractivity contribution in [3.05, 3.63) is 46.0 Å². The van der Waals surface area contributed by atoms with E-state index in [0.717, 1.165) is 0 Å². The Morgan fingerprint density at radius 1 is 1.30 bits per heavy atom. The molecule has 0 radical (unpaired) electrons. The summed E-state index contributed by atoms with van der Waals surface area (Å²) < 4.78 is 0. The summed E-state index contributed by atoms with van der Waals surface area (Å²) in [6.07, 6.45) is 0.647. The number of nitrogens with one attached hydrogen (secondary N) is 1. The summed E-state index contributed by atoms with van der Waals surface area (Å²) in [6, 6.07) is 5.11. The van der Waals surface area contributed by atoms with E-state index < -0.39 is 0 Å². The molecule has 2 aromatic heterocycles. The van der Waals surface area contributed by atoms with E-state index in [9.17, 15) is 4.79 Å². The van der Waals surface area contributed by atoms with Gasteiger partial charge < -0.3 is 5.32 Å². The molecule has 1 N–H and O–H groups in total. The second kappa shape index (κ2) is 5.96. The van der Waals surface area contributed by atoms with Crippen molar-refractivity contribution >= 4 is 23.2 Å². The largest absolute Gasteiger partial charge is 0.320 e. The van der Waals surface area contributed by atoms with Crippen molar-refractivity contribution in [1.82, 2.24) is 15.2 Å². The van der Waals surface area contributed by atoms with E-state index in [1.54, 1.807) is 32.0 Å². The van der Waals surface area contributed by atoms with Crippen LogP contribution in [0.25, 0.3) is 0 Å². The topological polar surface area (TPSA) is 67.8 Å². The summed E-state index contributed by atoms with van der Waals surface area (Å²) in [6.45, 7) is 5.53. The lowest BCUT2D eigenvalue weighted by Crippen LogP contribution is -2.17. The van der Waals surface area contributed by atoms with Crippen molar-refractivity contribution in [2.45, 2.75) is 27.2 Å². The van der Waals surface area contributed by atoms with E-state index >= 15 is 0 Å². The number of hydrogen-bond acceptors (Lipinski definition) is 4. The molecule has 2 aromatic rings. The quantitative estimate of drug-likeness (QED) is 0.883. The molecule has 5 nitrogen and oxygen atoms in total. The Morgan fingerprint density at radius 3 is 2.70 bits per heavy atom. The zero-order valence-electron chi connectivity index (χ0n) is 11.6. The molecule has 0 spiro atoms. The lowest BCUT2D eigenvalue weighted by molar-refractivity contribution is 0.102. The first-order valence-electron chi connectivity index (χ1n) is 6.29. The van der Waals surface area contributed by atoms with E-state index in [0.29, 0.717) is 39.9 Å². The molecule has 0 aliphatic heterocycles. The van der Waals surface area contributed by atoms with Gasteiger partial charge in [-0.25, -0.2) is 4.98 Å². The predicted octanol–water partition coefficient (Wildman–Crippen LogP) is 2.96. The first kappa shape index (κ1) is 14.4. The van der Waals surface area contributed by atoms with Crippen LogP contribution in [0.4, 0.5) is 5.69 Å². The molecule has 0 aliphatic carbocycles. The second-order valence-electron chi connectivity index (χ2n) is 4.42. The molecule has 0 bridgehead atoms. The maximum absolute atomic E-state index is 12.3. The number of aromatic nitrogens is 3. The van der Waals surface area contributed by atoms with Crippen LogP contribution in [-0.2, 0) is 6.42 Å². The molecular weight excluding hydrogens is 276 g/mol. The molecule has 0 saturated carbocycles. The Balaban J connectivity index is 2.30. The predicted molar refractivity (Wildman–Crippen MR) is 78.1 cm³/mol. The van der Waals surface area contributed by atoms with Gasteiger partial charge in [0, 0.05) is 0 Å². The van der Waals surface area contributed by atoms with E-state index in [1.165, 1.54) is 0 Å². The molecule has 6 heteroatoms. The third kappa shape index (κ3) is 3.11. The van der Waals surface area contributed by atoms with Crippen LogP contribution in [0.3, 0.4) is 0 Å². The van der Waals surface area contributed by atoms with E-state index in [-0.39, 0.29) is 5.91 Å². The van der Waals surface area contributed by atoms with Gasteiger partial charge in [0.05, 0.1) is 28.3 Å². The number of carbonyl (C=O) groups excluding carboxylic acids is 1. The van der Waals surface area contributed by atoms with Gasteiger partial charge in [0.2, 0.25) is 0 Å². The van der Waals surface area contributed by atoms with Gasteiger partial charge in [0.15, 0.2) is 0 Å². The molecular formula is C14H15ClN4O. The number of rotatable bonds is 3. The van der Waals surface area contributed by atoms with E-state index in [4.69, 9.17) is 11.6 Å². The molecule has 2 rings (SSSR count). The number of anilines is 1. The summed E-state index contributed by atoms with van der Waals surface area (Å²) in [5.74, 6) is -0.216. The minimum absolute atomic E-state index is 0.216. The Kier molecular flexibility index (Phi) is 4.29. The van der Waals surface area contributed by atoms with Gasteiger partial charge in [0.25, 0.3) is 5.91 Å². The highest BCUT2D eigenvalue weighted by Crippen LogP contribution is 2.17. The minimum atomic E-state index is -0.216. The van der Waals surface area contributed by atoms with Gasteiger partial charge >= 0.3 is 0 Å². The van der Waals surface area contributed by atoms with E-state index in [1.807, 2.05) is 6.92 Å². The lowest BCUT2D eigenvalue weighted by Gasteiger charge is -2.10. The van der Waals surface area contributed by atoms with Crippen LogP contribution < -0.4 is 5.32 Å². The van der Waals surface area contributed by atoms with Crippen molar-refractivity contribution in [3.63, 3.8) is 0 Å². The van der Waals surface area contributed by atoms with Crippen LogP contribution in [0.5, 0.6) is 0 Å². The van der Waals surface area contributed by atoms with Crippen LogP contribution >= 0.6 is 11.6 Å². The fourth-order valence-corrected chi connectivity index (χ4v) is 2.01. The fourth-order valence-electron chi connectivity index (χ4n) is 1.82. The van der Waals surface area contributed by atoms with Gasteiger partial charge in [-0.05, 0) is 38.5 Å². The van der Waals surface area contributed by atoms with Crippen molar-refractivity contribution in [2.24, 2.45) is 0 Å². The number of amides is 1. The number of aryl methyl sites for hydroxylation is 3. The van der Waals surface area contributed by atoms with Gasteiger partial charge in [0.1, 0.15) is 5.15 Å². The van der Waals surface area contributed by atoms with Crippen molar-refractivity contribution in [2.75, 3.05) is 5.32 Å². The number of halogens is 1. The number of pyridine rings is 1. The monoisotopic (exact) mass is 290 g/mol. The maximum Gasteiger partial charge on any atom is 0.257 e. The van der Waals surface area contributed by atoms with E-state index in [2.05, 4.69) is 20.5 Å². The normalized spacial score (nSPS) is 10.4. The highest BCUT2D eigenvalue weighted by Gasteiger charge is 2.14. The molecule has 0 unspecified atom stereocenters. The Hall–Kier alpha value is -2.01. The highest BCUT2D eigenvalue weighted by molar-refractivity contribution is 6.29. The van der Waals surface area contributed by atoms with Crippen LogP contribution in [0, 0.1) is 13.8 Å². The molecule has 0 saturated heterocycles. The average molecular weight is 291 g/mol. The Bertz CT molecular complexity index is 658. The van der Waals surface area contributed by atoms with Crippen LogP contribution in [0.15, 0.2) is 18.2 Å². The first-order chi connectivity index (χ1) is 9.51. The highest BCUT2D eigenvalue weighted by atomic mass is 35.5. The summed E-state index contributed by atoms with van der Waals surface area (Å²) in [7, 11) is 0. The van der Waals surface area contributed by atoms with Crippen molar-refractivity contribution in [1.29, 1.82) is 0 Å². The SMILES string of the molecule is CCc1nnc(C)cc1C(=O)Nc1ccc(Cl)nc1C. The zero-order valence-corrected chi connectivity index (χ0v) is 12.3. The zero-order chi connectivity index (χ0) is 14.7. The van der Waals surface area contributed by atoms with Gasteiger partial charge in [-0.2, -0.15) is 10.2 Å². The summed E-state index contributed by atoms with van der Waals surface area (Å²) in [4.78, 5) is 16.4. The minimum Gasteiger partial charge on any atom is -0.320 e. The summed E-state index contributed by atoms with van der Waals surface area (Å²) in [5, 5.41) is 11.2.